The zero-order valence-corrected chi connectivity index (χ0v) is 11.3. The number of morpholine rings is 1. The van der Waals surface area contributed by atoms with Gasteiger partial charge in [-0.2, -0.15) is 0 Å². The van der Waals surface area contributed by atoms with Gasteiger partial charge in [0.25, 0.3) is 0 Å². The lowest BCUT2D eigenvalue weighted by molar-refractivity contribution is -0.0402. The van der Waals surface area contributed by atoms with Crippen LogP contribution in [0.5, 0.6) is 0 Å². The largest absolute Gasteiger partial charge is 0.368 e. The maximum absolute atomic E-state index is 11.2. The van der Waals surface area contributed by atoms with Crippen LogP contribution in [0.15, 0.2) is 5.38 Å². The van der Waals surface area contributed by atoms with E-state index >= 15 is 0 Å². The second-order valence-electron chi connectivity index (χ2n) is 4.58. The van der Waals surface area contributed by atoms with Crippen molar-refractivity contribution in [3.05, 3.63) is 16.1 Å². The molecule has 0 saturated carbocycles. The number of carbonyl (C=O) groups is 1. The SMILES string of the molecule is CC(=O)c1csc(C2CN(C(C)C)CCO2)n1. The second kappa shape index (κ2) is 5.25. The molecule has 1 aromatic heterocycles. The van der Waals surface area contributed by atoms with E-state index in [0.717, 1.165) is 24.7 Å². The molecule has 0 N–H and O–H groups in total. The predicted octanol–water partition coefficient (Wildman–Crippen LogP) is 2.13. The molecule has 4 nitrogen and oxygen atoms in total. The van der Waals surface area contributed by atoms with Crippen molar-refractivity contribution in [1.29, 1.82) is 0 Å². The Hall–Kier alpha value is -0.780. The van der Waals surface area contributed by atoms with Gasteiger partial charge in [0.05, 0.1) is 6.61 Å². The summed E-state index contributed by atoms with van der Waals surface area (Å²) >= 11 is 1.51. The highest BCUT2D eigenvalue weighted by molar-refractivity contribution is 7.09. The lowest BCUT2D eigenvalue weighted by Gasteiger charge is -2.34. The molecule has 1 aliphatic rings. The number of ether oxygens (including phenoxy) is 1. The van der Waals surface area contributed by atoms with Crippen LogP contribution in [0.4, 0.5) is 0 Å². The molecule has 1 aromatic rings. The van der Waals surface area contributed by atoms with Crippen LogP contribution in [-0.2, 0) is 4.74 Å². The molecule has 1 saturated heterocycles. The number of ketones is 1. The molecule has 0 spiro atoms. The summed E-state index contributed by atoms with van der Waals surface area (Å²) in [5.41, 5.74) is 0.551. The van der Waals surface area contributed by atoms with Gasteiger partial charge in [0, 0.05) is 31.4 Å². The summed E-state index contributed by atoms with van der Waals surface area (Å²) in [6, 6.07) is 0.522. The zero-order valence-electron chi connectivity index (χ0n) is 10.5. The molecule has 0 radical (unpaired) electrons. The van der Waals surface area contributed by atoms with E-state index in [2.05, 4.69) is 23.7 Å². The second-order valence-corrected chi connectivity index (χ2v) is 5.46. The molecule has 1 atom stereocenters. The fourth-order valence-electron chi connectivity index (χ4n) is 1.88. The van der Waals surface area contributed by atoms with Gasteiger partial charge in [-0.1, -0.05) is 0 Å². The van der Waals surface area contributed by atoms with E-state index in [1.807, 2.05) is 5.38 Å². The number of hydrogen-bond acceptors (Lipinski definition) is 5. The third-order valence-corrected chi connectivity index (χ3v) is 3.92. The van der Waals surface area contributed by atoms with Crippen molar-refractivity contribution in [1.82, 2.24) is 9.88 Å². The fourth-order valence-corrected chi connectivity index (χ4v) is 2.78. The first-order valence-corrected chi connectivity index (χ1v) is 6.78. The maximum Gasteiger partial charge on any atom is 0.178 e. The number of aromatic nitrogens is 1. The molecule has 0 aromatic carbocycles. The lowest BCUT2D eigenvalue weighted by atomic mass is 10.2. The highest BCUT2D eigenvalue weighted by Gasteiger charge is 2.26. The average molecular weight is 254 g/mol. The number of rotatable bonds is 3. The number of Topliss-reactive ketones (excluding diaryl/α,β-unsaturated/α-hetero) is 1. The molecule has 1 aliphatic heterocycles. The van der Waals surface area contributed by atoms with Crippen LogP contribution in [-0.4, -0.2) is 41.4 Å². The van der Waals surface area contributed by atoms with Gasteiger partial charge in [-0.05, 0) is 13.8 Å². The van der Waals surface area contributed by atoms with Gasteiger partial charge in [0.1, 0.15) is 16.8 Å². The fraction of sp³-hybridized carbons (Fsp3) is 0.667. The molecule has 1 unspecified atom stereocenters. The zero-order chi connectivity index (χ0) is 12.4. The molecule has 2 rings (SSSR count). The summed E-state index contributed by atoms with van der Waals surface area (Å²) in [6.07, 6.45) is 0.0178. The minimum atomic E-state index is 0.0176. The van der Waals surface area contributed by atoms with Gasteiger partial charge >= 0.3 is 0 Å². The van der Waals surface area contributed by atoms with E-state index in [-0.39, 0.29) is 11.9 Å². The number of hydrogen-bond donors (Lipinski definition) is 0. The predicted molar refractivity (Wildman–Crippen MR) is 67.5 cm³/mol. The van der Waals surface area contributed by atoms with E-state index in [1.54, 1.807) is 6.92 Å². The summed E-state index contributed by atoms with van der Waals surface area (Å²) in [7, 11) is 0. The molecule has 0 bridgehead atoms. The third kappa shape index (κ3) is 2.91. The van der Waals surface area contributed by atoms with Crippen LogP contribution < -0.4 is 0 Å². The van der Waals surface area contributed by atoms with Crippen molar-refractivity contribution in [2.75, 3.05) is 19.7 Å². The molecule has 0 amide bonds. The number of carbonyl (C=O) groups excluding carboxylic acids is 1. The molecule has 94 valence electrons. The quantitative estimate of drug-likeness (QED) is 0.775. The minimum absolute atomic E-state index is 0.0176. The van der Waals surface area contributed by atoms with Crippen LogP contribution >= 0.6 is 11.3 Å². The Balaban J connectivity index is 2.08. The number of thiazole rings is 1. The van der Waals surface area contributed by atoms with Gasteiger partial charge in [-0.25, -0.2) is 4.98 Å². The van der Waals surface area contributed by atoms with Gasteiger partial charge in [0.15, 0.2) is 5.78 Å². The normalized spacial score (nSPS) is 22.0. The van der Waals surface area contributed by atoms with E-state index in [1.165, 1.54) is 11.3 Å². The Labute approximate surface area is 106 Å². The van der Waals surface area contributed by atoms with Crippen LogP contribution in [0.25, 0.3) is 0 Å². The first kappa shape index (κ1) is 12.7. The van der Waals surface area contributed by atoms with E-state index in [4.69, 9.17) is 4.74 Å². The van der Waals surface area contributed by atoms with E-state index in [0.29, 0.717) is 11.7 Å². The van der Waals surface area contributed by atoms with Crippen molar-refractivity contribution >= 4 is 17.1 Å². The Morgan fingerprint density at radius 3 is 3.00 bits per heavy atom. The summed E-state index contributed by atoms with van der Waals surface area (Å²) < 4.78 is 5.73. The molecule has 2 heterocycles. The molecule has 17 heavy (non-hydrogen) atoms. The Kier molecular flexibility index (Phi) is 3.91. The van der Waals surface area contributed by atoms with Crippen LogP contribution in [0, 0.1) is 0 Å². The standard InChI is InChI=1S/C12H18N2O2S/c1-8(2)14-4-5-16-11(6-14)12-13-10(7-17-12)9(3)15/h7-8,11H,4-6H2,1-3H3. The topological polar surface area (TPSA) is 42.4 Å². The molecular formula is C12H18N2O2S. The van der Waals surface area contributed by atoms with Crippen LogP contribution in [0.1, 0.15) is 42.4 Å². The number of nitrogens with zero attached hydrogens (tertiary/aromatic N) is 2. The molecular weight excluding hydrogens is 236 g/mol. The van der Waals surface area contributed by atoms with Crippen LogP contribution in [0.3, 0.4) is 0 Å². The molecule has 5 heteroatoms. The van der Waals surface area contributed by atoms with Crippen molar-refractivity contribution in [2.24, 2.45) is 0 Å². The van der Waals surface area contributed by atoms with Crippen LogP contribution in [0.2, 0.25) is 0 Å². The van der Waals surface area contributed by atoms with E-state index in [9.17, 15) is 4.79 Å². The van der Waals surface area contributed by atoms with Gasteiger partial charge in [0.2, 0.25) is 0 Å². The monoisotopic (exact) mass is 254 g/mol. The van der Waals surface area contributed by atoms with Crippen molar-refractivity contribution in [3.63, 3.8) is 0 Å². The lowest BCUT2D eigenvalue weighted by Crippen LogP contribution is -2.42. The van der Waals surface area contributed by atoms with Crippen molar-refractivity contribution in [2.45, 2.75) is 32.9 Å². The summed E-state index contributed by atoms with van der Waals surface area (Å²) in [5.74, 6) is 0.0176. The molecule has 0 aliphatic carbocycles. The minimum Gasteiger partial charge on any atom is -0.368 e. The van der Waals surface area contributed by atoms with Crippen molar-refractivity contribution in [3.8, 4) is 0 Å². The highest BCUT2D eigenvalue weighted by Crippen LogP contribution is 2.26. The summed E-state index contributed by atoms with van der Waals surface area (Å²) in [6.45, 7) is 8.48. The summed E-state index contributed by atoms with van der Waals surface area (Å²) in [5, 5.41) is 2.73. The summed E-state index contributed by atoms with van der Waals surface area (Å²) in [4.78, 5) is 17.9. The van der Waals surface area contributed by atoms with Gasteiger partial charge in [-0.15, -0.1) is 11.3 Å². The first-order valence-electron chi connectivity index (χ1n) is 5.90. The smallest absolute Gasteiger partial charge is 0.178 e. The Bertz CT molecular complexity index is 403. The Morgan fingerprint density at radius 1 is 1.65 bits per heavy atom. The van der Waals surface area contributed by atoms with Gasteiger partial charge in [-0.3, -0.25) is 9.69 Å². The van der Waals surface area contributed by atoms with Gasteiger partial charge < -0.3 is 4.74 Å². The highest BCUT2D eigenvalue weighted by atomic mass is 32.1. The first-order chi connectivity index (χ1) is 8.08. The average Bonchev–Trinajstić information content (AvgIpc) is 2.78. The van der Waals surface area contributed by atoms with Crippen molar-refractivity contribution < 1.29 is 9.53 Å². The molecule has 1 fully saturated rings. The van der Waals surface area contributed by atoms with E-state index < -0.39 is 0 Å². The maximum atomic E-state index is 11.2. The third-order valence-electron chi connectivity index (χ3n) is 2.99. The Morgan fingerprint density at radius 2 is 2.41 bits per heavy atom.